The Morgan fingerprint density at radius 1 is 1.50 bits per heavy atom. The minimum absolute atomic E-state index is 0.0736. The van der Waals surface area contributed by atoms with E-state index in [0.717, 1.165) is 0 Å². The topological polar surface area (TPSA) is 55.2 Å². The molecule has 72 valence electrons. The monoisotopic (exact) mass is 190 g/mol. The third kappa shape index (κ3) is 2.49. The first-order valence-electron chi connectivity index (χ1n) is 4.16. The zero-order valence-corrected chi connectivity index (χ0v) is 7.56. The highest BCUT2D eigenvalue weighted by Gasteiger charge is 2.10. The zero-order chi connectivity index (χ0) is 10.4. The van der Waals surface area contributed by atoms with Crippen molar-refractivity contribution >= 4 is 11.4 Å². The molecule has 1 N–H and O–H groups in total. The number of hydrogen-bond donors (Lipinski definition) is 1. The maximum atomic E-state index is 10.6. The van der Waals surface area contributed by atoms with Crippen LogP contribution in [0.15, 0.2) is 24.3 Å². The quantitative estimate of drug-likeness (QED) is 0.342. The van der Waals surface area contributed by atoms with Crippen LogP contribution in [0.25, 0.3) is 0 Å². The van der Waals surface area contributed by atoms with Gasteiger partial charge in [-0.2, -0.15) is 0 Å². The van der Waals surface area contributed by atoms with Crippen molar-refractivity contribution in [3.05, 3.63) is 34.4 Å². The summed E-state index contributed by atoms with van der Waals surface area (Å²) in [5.74, 6) is 2.45. The fraction of sp³-hybridized carbons (Fsp3) is 0.200. The molecule has 0 aliphatic heterocycles. The number of nitro groups is 1. The van der Waals surface area contributed by atoms with E-state index in [9.17, 15) is 10.1 Å². The highest BCUT2D eigenvalue weighted by Crippen LogP contribution is 2.22. The number of rotatable bonds is 4. The number of anilines is 1. The van der Waals surface area contributed by atoms with Crippen LogP contribution in [0.5, 0.6) is 0 Å². The molecule has 1 aromatic carbocycles. The molecule has 0 saturated heterocycles. The summed E-state index contributed by atoms with van der Waals surface area (Å²) >= 11 is 0. The van der Waals surface area contributed by atoms with Crippen LogP contribution in [0.1, 0.15) is 6.42 Å². The minimum Gasteiger partial charge on any atom is -0.379 e. The van der Waals surface area contributed by atoms with Crippen molar-refractivity contribution in [3.8, 4) is 12.3 Å². The molecule has 0 amide bonds. The SMILES string of the molecule is C#CCCNc1ccccc1[N+](=O)[O-]. The van der Waals surface area contributed by atoms with Gasteiger partial charge in [0.1, 0.15) is 5.69 Å². The van der Waals surface area contributed by atoms with Crippen LogP contribution in [0.4, 0.5) is 11.4 Å². The van der Waals surface area contributed by atoms with Gasteiger partial charge in [-0.3, -0.25) is 10.1 Å². The number of terminal acetylenes is 1. The van der Waals surface area contributed by atoms with E-state index in [0.29, 0.717) is 18.7 Å². The van der Waals surface area contributed by atoms with Crippen molar-refractivity contribution in [3.63, 3.8) is 0 Å². The Hall–Kier alpha value is -2.02. The standard InChI is InChI=1S/C10H10N2O2/c1-2-3-8-11-9-6-4-5-7-10(9)12(13)14/h1,4-7,11H,3,8H2. The number of nitrogens with one attached hydrogen (secondary N) is 1. The Labute approximate surface area is 82.1 Å². The lowest BCUT2D eigenvalue weighted by Gasteiger charge is -2.03. The van der Waals surface area contributed by atoms with Gasteiger partial charge in [0.25, 0.3) is 5.69 Å². The van der Waals surface area contributed by atoms with E-state index < -0.39 is 4.92 Å². The summed E-state index contributed by atoms with van der Waals surface area (Å²) < 4.78 is 0. The van der Waals surface area contributed by atoms with Crippen LogP contribution in [0.2, 0.25) is 0 Å². The van der Waals surface area contributed by atoms with Crippen LogP contribution in [-0.2, 0) is 0 Å². The molecule has 0 aromatic heterocycles. The normalized spacial score (nSPS) is 9.07. The van der Waals surface area contributed by atoms with Crippen molar-refractivity contribution < 1.29 is 4.92 Å². The van der Waals surface area contributed by atoms with Gasteiger partial charge in [0, 0.05) is 19.0 Å². The van der Waals surface area contributed by atoms with Gasteiger partial charge < -0.3 is 5.32 Å². The fourth-order valence-electron chi connectivity index (χ4n) is 1.05. The second-order valence-electron chi connectivity index (χ2n) is 2.66. The first kappa shape index (κ1) is 10.1. The maximum Gasteiger partial charge on any atom is 0.292 e. The summed E-state index contributed by atoms with van der Waals surface area (Å²) in [6.07, 6.45) is 5.61. The van der Waals surface area contributed by atoms with Gasteiger partial charge in [-0.05, 0) is 6.07 Å². The van der Waals surface area contributed by atoms with Gasteiger partial charge in [0.2, 0.25) is 0 Å². The van der Waals surface area contributed by atoms with E-state index in [4.69, 9.17) is 6.42 Å². The molecular weight excluding hydrogens is 180 g/mol. The Bertz CT molecular complexity index is 369. The Kier molecular flexibility index (Phi) is 3.50. The summed E-state index contributed by atoms with van der Waals surface area (Å²) in [6, 6.07) is 6.49. The zero-order valence-electron chi connectivity index (χ0n) is 7.56. The van der Waals surface area contributed by atoms with Gasteiger partial charge in [-0.15, -0.1) is 12.3 Å². The molecule has 4 heteroatoms. The second kappa shape index (κ2) is 4.87. The highest BCUT2D eigenvalue weighted by atomic mass is 16.6. The fourth-order valence-corrected chi connectivity index (χ4v) is 1.05. The molecule has 0 aliphatic carbocycles. The molecule has 0 unspecified atom stereocenters. The molecule has 1 aromatic rings. The predicted molar refractivity (Wildman–Crippen MR) is 55.0 cm³/mol. The van der Waals surface area contributed by atoms with Crippen molar-refractivity contribution in [1.29, 1.82) is 0 Å². The van der Waals surface area contributed by atoms with Gasteiger partial charge >= 0.3 is 0 Å². The lowest BCUT2D eigenvalue weighted by atomic mass is 10.2. The van der Waals surface area contributed by atoms with Gasteiger partial charge in [0.15, 0.2) is 0 Å². The third-order valence-corrected chi connectivity index (χ3v) is 1.69. The third-order valence-electron chi connectivity index (χ3n) is 1.69. The molecule has 0 spiro atoms. The largest absolute Gasteiger partial charge is 0.379 e. The Morgan fingerprint density at radius 3 is 2.86 bits per heavy atom. The number of benzene rings is 1. The van der Waals surface area contributed by atoms with E-state index in [2.05, 4.69) is 11.2 Å². The average Bonchev–Trinajstić information content (AvgIpc) is 2.19. The summed E-state index contributed by atoms with van der Waals surface area (Å²) in [4.78, 5) is 10.2. The summed E-state index contributed by atoms with van der Waals surface area (Å²) in [5.41, 5.74) is 0.581. The number of nitrogens with zero attached hydrogens (tertiary/aromatic N) is 1. The lowest BCUT2D eigenvalue weighted by molar-refractivity contribution is -0.384. The van der Waals surface area contributed by atoms with Crippen molar-refractivity contribution in [2.75, 3.05) is 11.9 Å². The van der Waals surface area contributed by atoms with Crippen LogP contribution < -0.4 is 5.32 Å². The van der Waals surface area contributed by atoms with E-state index >= 15 is 0 Å². The molecule has 0 saturated carbocycles. The molecule has 0 atom stereocenters. The molecule has 0 fully saturated rings. The Balaban J connectivity index is 2.75. The van der Waals surface area contributed by atoms with Crippen LogP contribution >= 0.6 is 0 Å². The summed E-state index contributed by atoms with van der Waals surface area (Å²) in [5, 5.41) is 13.5. The first-order chi connectivity index (χ1) is 6.75. The van der Waals surface area contributed by atoms with Crippen LogP contribution in [0.3, 0.4) is 0 Å². The molecular formula is C10H10N2O2. The molecule has 0 aliphatic rings. The first-order valence-corrected chi connectivity index (χ1v) is 4.16. The average molecular weight is 190 g/mol. The highest BCUT2D eigenvalue weighted by molar-refractivity contribution is 5.61. The second-order valence-corrected chi connectivity index (χ2v) is 2.66. The summed E-state index contributed by atoms with van der Waals surface area (Å²) in [6.45, 7) is 0.543. The molecule has 0 radical (unpaired) electrons. The van der Waals surface area contributed by atoms with Crippen LogP contribution in [0, 0.1) is 22.5 Å². The van der Waals surface area contributed by atoms with E-state index in [1.165, 1.54) is 6.07 Å². The Morgan fingerprint density at radius 2 is 2.21 bits per heavy atom. The van der Waals surface area contributed by atoms with Gasteiger partial charge in [0.05, 0.1) is 4.92 Å². The van der Waals surface area contributed by atoms with Gasteiger partial charge in [-0.25, -0.2) is 0 Å². The smallest absolute Gasteiger partial charge is 0.292 e. The molecule has 0 bridgehead atoms. The van der Waals surface area contributed by atoms with E-state index in [1.54, 1.807) is 18.2 Å². The molecule has 1 rings (SSSR count). The molecule has 0 heterocycles. The van der Waals surface area contributed by atoms with Gasteiger partial charge in [-0.1, -0.05) is 12.1 Å². The predicted octanol–water partition coefficient (Wildman–Crippen LogP) is 2.03. The number of nitro benzene ring substituents is 1. The van der Waals surface area contributed by atoms with Crippen molar-refractivity contribution in [2.24, 2.45) is 0 Å². The molecule has 4 nitrogen and oxygen atoms in total. The van der Waals surface area contributed by atoms with Crippen LogP contribution in [-0.4, -0.2) is 11.5 Å². The molecule has 14 heavy (non-hydrogen) atoms. The minimum atomic E-state index is -0.418. The maximum absolute atomic E-state index is 10.6. The number of para-hydroxylation sites is 2. The van der Waals surface area contributed by atoms with E-state index in [1.807, 2.05) is 0 Å². The van der Waals surface area contributed by atoms with Crippen molar-refractivity contribution in [1.82, 2.24) is 0 Å². The summed E-state index contributed by atoms with van der Waals surface area (Å²) in [7, 11) is 0. The number of hydrogen-bond acceptors (Lipinski definition) is 3. The lowest BCUT2D eigenvalue weighted by Crippen LogP contribution is -2.03. The van der Waals surface area contributed by atoms with E-state index in [-0.39, 0.29) is 5.69 Å². The van der Waals surface area contributed by atoms with Crippen molar-refractivity contribution in [2.45, 2.75) is 6.42 Å².